The van der Waals surface area contributed by atoms with Crippen LogP contribution in [0.25, 0.3) is 0 Å². The third-order valence-corrected chi connectivity index (χ3v) is 19.4. The van der Waals surface area contributed by atoms with Crippen LogP contribution in [0.4, 0.5) is 0 Å². The average molecular weight is 905 g/mol. The molecule has 4 nitrogen and oxygen atoms in total. The van der Waals surface area contributed by atoms with Crippen LogP contribution in [0.2, 0.25) is 13.1 Å². The van der Waals surface area contributed by atoms with E-state index in [-0.39, 0.29) is 12.4 Å². The first-order valence-electron chi connectivity index (χ1n) is 27.9. The second-order valence-corrected chi connectivity index (χ2v) is 26.5. The highest BCUT2D eigenvalue weighted by atomic mass is 28.4. The lowest BCUT2D eigenvalue weighted by molar-refractivity contribution is -0.150. The van der Waals surface area contributed by atoms with Gasteiger partial charge in [-0.2, -0.15) is 0 Å². The number of unbranched alkanes of at least 4 members (excludes halogenated alkanes) is 11. The SMILES string of the molecule is C#CCN(C)CCCCCCO[Si](C)(C)OC(CCCCCCC/C=C\C/C=C\CCCCC)OC1CCC2(C)C(=CCC3C2CCC2(C)C(C(C)CCC(CC)C(C)C)CCC32)C1. The van der Waals surface area contributed by atoms with Crippen molar-refractivity contribution in [2.24, 2.45) is 52.3 Å². The summed E-state index contributed by atoms with van der Waals surface area (Å²) < 4.78 is 20.7. The predicted molar refractivity (Wildman–Crippen MR) is 280 cm³/mol. The molecule has 368 valence electrons. The van der Waals surface area contributed by atoms with Crippen LogP contribution in [0, 0.1) is 64.6 Å². The van der Waals surface area contributed by atoms with Gasteiger partial charge in [0.1, 0.15) is 6.29 Å². The first-order valence-corrected chi connectivity index (χ1v) is 30.7. The topological polar surface area (TPSA) is 30.9 Å². The molecule has 0 amide bonds. The van der Waals surface area contributed by atoms with Gasteiger partial charge >= 0.3 is 8.56 Å². The number of nitrogens with zero attached hydrogens (tertiary/aromatic N) is 1. The van der Waals surface area contributed by atoms with Crippen molar-refractivity contribution < 1.29 is 13.6 Å². The van der Waals surface area contributed by atoms with Crippen molar-refractivity contribution in [3.05, 3.63) is 36.0 Å². The van der Waals surface area contributed by atoms with E-state index in [4.69, 9.17) is 20.0 Å². The Bertz CT molecular complexity index is 1410. The van der Waals surface area contributed by atoms with Crippen LogP contribution < -0.4 is 0 Å². The fraction of sp³-hybridized carbons (Fsp3) is 0.864. The van der Waals surface area contributed by atoms with E-state index < -0.39 is 8.56 Å². The van der Waals surface area contributed by atoms with Crippen molar-refractivity contribution >= 4 is 8.56 Å². The molecule has 10 unspecified atom stereocenters. The van der Waals surface area contributed by atoms with E-state index in [0.717, 1.165) is 99.6 Å². The highest BCUT2D eigenvalue weighted by molar-refractivity contribution is 6.64. The summed E-state index contributed by atoms with van der Waals surface area (Å²) >= 11 is 0. The number of hydrogen-bond acceptors (Lipinski definition) is 4. The fourth-order valence-electron chi connectivity index (χ4n) is 13.6. The minimum absolute atomic E-state index is 0.168. The highest BCUT2D eigenvalue weighted by Gasteiger charge is 2.59. The Morgan fingerprint density at radius 2 is 1.52 bits per heavy atom. The maximum atomic E-state index is 7.12. The highest BCUT2D eigenvalue weighted by Crippen LogP contribution is 2.67. The van der Waals surface area contributed by atoms with Crippen LogP contribution in [-0.2, 0) is 13.6 Å². The largest absolute Gasteiger partial charge is 0.394 e. The Balaban J connectivity index is 1.29. The smallest absolute Gasteiger partial charge is 0.333 e. The molecule has 0 saturated heterocycles. The second kappa shape index (κ2) is 29.0. The van der Waals surface area contributed by atoms with Gasteiger partial charge in [0.2, 0.25) is 0 Å². The first-order chi connectivity index (χ1) is 30.8. The number of ether oxygens (including phenoxy) is 1. The van der Waals surface area contributed by atoms with Crippen molar-refractivity contribution in [3.8, 4) is 12.3 Å². The molecule has 3 fully saturated rings. The molecule has 0 aliphatic heterocycles. The number of fused-ring (bicyclic) bond motifs is 5. The normalized spacial score (nSPS) is 28.6. The van der Waals surface area contributed by atoms with Crippen molar-refractivity contribution in [2.75, 3.05) is 26.7 Å². The maximum absolute atomic E-state index is 7.12. The Hall–Kier alpha value is -1.16. The average Bonchev–Trinajstić information content (AvgIpc) is 3.62. The molecule has 0 aromatic heterocycles. The van der Waals surface area contributed by atoms with Crippen LogP contribution in [0.15, 0.2) is 36.0 Å². The number of terminal acetylenes is 1. The summed E-state index contributed by atoms with van der Waals surface area (Å²) in [5.74, 6) is 8.84. The first kappa shape index (κ1) is 55.4. The third kappa shape index (κ3) is 17.4. The molecule has 0 N–H and O–H groups in total. The van der Waals surface area contributed by atoms with Gasteiger partial charge in [-0.25, -0.2) is 0 Å². The van der Waals surface area contributed by atoms with E-state index in [2.05, 4.69) is 110 Å². The standard InChI is InChI=1S/C59H105NO3Si/c1-12-15-16-17-18-19-20-21-22-23-24-25-26-27-30-33-57(63-64(10,11)61-46-32-29-28-31-45-60(9)44-13-2)62-52-40-42-58(7)51(47-52)36-37-53-55-39-38-54(59(55,8)43-41-56(53)58)49(6)34-35-50(14-3)48(4)5/h2,18-19,21-22,36,48-50,52-57H,12,14-17,20,23-35,37-47H2,1,3-11H3/b19-18-,22-21-. The van der Waals surface area contributed by atoms with Crippen LogP contribution in [0.3, 0.4) is 0 Å². The van der Waals surface area contributed by atoms with Crippen molar-refractivity contribution in [3.63, 3.8) is 0 Å². The summed E-state index contributed by atoms with van der Waals surface area (Å²) in [4.78, 5) is 2.23. The minimum Gasteiger partial charge on any atom is -0.394 e. The van der Waals surface area contributed by atoms with Crippen molar-refractivity contribution in [1.82, 2.24) is 4.90 Å². The molecule has 0 aromatic carbocycles. The molecule has 5 heteroatoms. The van der Waals surface area contributed by atoms with Gasteiger partial charge in [0, 0.05) is 6.61 Å². The maximum Gasteiger partial charge on any atom is 0.333 e. The molecular formula is C59H105NO3Si. The Morgan fingerprint density at radius 1 is 0.812 bits per heavy atom. The van der Waals surface area contributed by atoms with Gasteiger partial charge < -0.3 is 13.6 Å². The molecule has 4 aliphatic carbocycles. The third-order valence-electron chi connectivity index (χ3n) is 17.7. The minimum atomic E-state index is -2.36. The second-order valence-electron chi connectivity index (χ2n) is 23.1. The summed E-state index contributed by atoms with van der Waals surface area (Å²) in [5, 5.41) is 0. The zero-order chi connectivity index (χ0) is 46.4. The molecule has 4 rings (SSSR count). The molecule has 0 aromatic rings. The van der Waals surface area contributed by atoms with E-state index in [1.54, 1.807) is 5.57 Å². The lowest BCUT2D eigenvalue weighted by atomic mass is 9.47. The summed E-state index contributed by atoms with van der Waals surface area (Å²) in [5.41, 5.74) is 2.60. The van der Waals surface area contributed by atoms with E-state index in [1.807, 2.05) is 0 Å². The Morgan fingerprint density at radius 3 is 2.23 bits per heavy atom. The molecule has 64 heavy (non-hydrogen) atoms. The monoisotopic (exact) mass is 904 g/mol. The van der Waals surface area contributed by atoms with E-state index >= 15 is 0 Å². The number of hydrogen-bond donors (Lipinski definition) is 0. The summed E-state index contributed by atoms with van der Waals surface area (Å²) in [6.07, 6.45) is 52.1. The van der Waals surface area contributed by atoms with Crippen LogP contribution in [-0.4, -0.2) is 52.6 Å². The number of allylic oxidation sites excluding steroid dienone is 5. The molecule has 0 spiro atoms. The lowest BCUT2D eigenvalue weighted by Gasteiger charge is -2.58. The zero-order valence-corrected chi connectivity index (χ0v) is 45.0. The Kier molecular flexibility index (Phi) is 25.1. The van der Waals surface area contributed by atoms with E-state index in [9.17, 15) is 0 Å². The van der Waals surface area contributed by atoms with E-state index in [0.29, 0.717) is 10.8 Å². The quantitative estimate of drug-likeness (QED) is 0.0216. The number of rotatable bonds is 33. The van der Waals surface area contributed by atoms with Crippen molar-refractivity contribution in [2.45, 2.75) is 247 Å². The lowest BCUT2D eigenvalue weighted by Crippen LogP contribution is -2.51. The summed E-state index contributed by atoms with van der Waals surface area (Å²) in [6, 6.07) is 0. The van der Waals surface area contributed by atoms with Gasteiger partial charge in [-0.3, -0.25) is 4.90 Å². The van der Waals surface area contributed by atoms with Crippen LogP contribution >= 0.6 is 0 Å². The summed E-state index contributed by atoms with van der Waals surface area (Å²) in [7, 11) is -0.251. The molecule has 0 bridgehead atoms. The molecule has 0 radical (unpaired) electrons. The van der Waals surface area contributed by atoms with Crippen LogP contribution in [0.1, 0.15) is 222 Å². The Labute approximate surface area is 400 Å². The molecule has 10 atom stereocenters. The van der Waals surface area contributed by atoms with Crippen LogP contribution in [0.5, 0.6) is 0 Å². The molecule has 0 heterocycles. The molecular weight excluding hydrogens is 799 g/mol. The molecule has 4 aliphatic rings. The van der Waals surface area contributed by atoms with Gasteiger partial charge in [0.15, 0.2) is 0 Å². The summed E-state index contributed by atoms with van der Waals surface area (Å²) in [6.45, 7) is 24.7. The van der Waals surface area contributed by atoms with Gasteiger partial charge in [0.25, 0.3) is 0 Å². The van der Waals surface area contributed by atoms with Gasteiger partial charge in [0.05, 0.1) is 12.6 Å². The molecule has 3 saturated carbocycles. The van der Waals surface area contributed by atoms with E-state index in [1.165, 1.54) is 135 Å². The van der Waals surface area contributed by atoms with Gasteiger partial charge in [-0.1, -0.05) is 148 Å². The van der Waals surface area contributed by atoms with Gasteiger partial charge in [-0.05, 0) is 195 Å². The van der Waals surface area contributed by atoms with Crippen molar-refractivity contribution in [1.29, 1.82) is 0 Å². The predicted octanol–water partition coefficient (Wildman–Crippen LogP) is 17.0. The van der Waals surface area contributed by atoms with Gasteiger partial charge in [-0.15, -0.1) is 6.42 Å². The zero-order valence-electron chi connectivity index (χ0n) is 44.0. The fourth-order valence-corrected chi connectivity index (χ4v) is 15.1.